The maximum absolute atomic E-state index is 5.20. The van der Waals surface area contributed by atoms with E-state index in [0.717, 1.165) is 11.9 Å². The van der Waals surface area contributed by atoms with Crippen LogP contribution >= 0.6 is 28.6 Å². The van der Waals surface area contributed by atoms with Crippen LogP contribution in [0.5, 0.6) is 0 Å². The molecule has 0 aliphatic heterocycles. The van der Waals surface area contributed by atoms with Gasteiger partial charge in [-0.3, -0.25) is 0 Å². The summed E-state index contributed by atoms with van der Waals surface area (Å²) in [5, 5.41) is 0.872. The van der Waals surface area contributed by atoms with Gasteiger partial charge in [0.25, 0.3) is 0 Å². The van der Waals surface area contributed by atoms with Crippen molar-refractivity contribution in [2.24, 2.45) is 0 Å². The van der Waals surface area contributed by atoms with Gasteiger partial charge >= 0.3 is 0 Å². The average molecular weight is 199 g/mol. The zero-order valence-corrected chi connectivity index (χ0v) is 7.63. The first-order valence-corrected chi connectivity index (χ1v) is 4.05. The molecule has 0 aliphatic rings. The zero-order chi connectivity index (χ0) is 6.62. The predicted molar refractivity (Wildman–Crippen MR) is 42.8 cm³/mol. The van der Waals surface area contributed by atoms with Crippen molar-refractivity contribution in [3.8, 4) is 0 Å². The lowest BCUT2D eigenvalue weighted by atomic mass is 10.5. The van der Waals surface area contributed by atoms with Crippen molar-refractivity contribution in [1.82, 2.24) is 0 Å². The van der Waals surface area contributed by atoms with E-state index in [1.165, 1.54) is 0 Å². The molecule has 0 aromatic heterocycles. The first kappa shape index (κ1) is 8.79. The van der Waals surface area contributed by atoms with Crippen LogP contribution in [0, 0.1) is 0 Å². The third-order valence-corrected chi connectivity index (χ3v) is 0.985. The molecule has 0 aromatic carbocycles. The van der Waals surface area contributed by atoms with Gasteiger partial charge < -0.3 is 4.74 Å². The van der Waals surface area contributed by atoms with Gasteiger partial charge in [-0.05, 0) is 13.8 Å². The van der Waals surface area contributed by atoms with Gasteiger partial charge in [0.15, 0.2) is 0 Å². The second-order valence-corrected chi connectivity index (χ2v) is 3.85. The summed E-state index contributed by atoms with van der Waals surface area (Å²) in [5.74, 6) is 0. The van der Waals surface area contributed by atoms with E-state index in [1.807, 2.05) is 13.8 Å². The number of alkyl halides is 1. The van der Waals surface area contributed by atoms with Crippen molar-refractivity contribution in [3.63, 3.8) is 0 Å². The molecule has 8 heavy (non-hydrogen) atoms. The van der Waals surface area contributed by atoms with Crippen LogP contribution in [0.3, 0.4) is 0 Å². The molecule has 3 heteroatoms. The molecular weight excluding hydrogens is 188 g/mol. The van der Waals surface area contributed by atoms with E-state index < -0.39 is 0 Å². The van der Waals surface area contributed by atoms with E-state index in [4.69, 9.17) is 4.74 Å². The second-order valence-electron chi connectivity index (χ2n) is 1.98. The Bertz CT molecular complexity index is 59.9. The molecule has 1 nitrogen and oxygen atoms in total. The number of thiol groups is 1. The van der Waals surface area contributed by atoms with Gasteiger partial charge in [0, 0.05) is 5.33 Å². The highest BCUT2D eigenvalue weighted by molar-refractivity contribution is 9.09. The van der Waals surface area contributed by atoms with E-state index in [1.54, 1.807) is 0 Å². The minimum Gasteiger partial charge on any atom is -0.364 e. The van der Waals surface area contributed by atoms with Crippen molar-refractivity contribution in [1.29, 1.82) is 0 Å². The van der Waals surface area contributed by atoms with E-state index in [0.29, 0.717) is 0 Å². The van der Waals surface area contributed by atoms with E-state index >= 15 is 0 Å². The first-order valence-electron chi connectivity index (χ1n) is 2.48. The van der Waals surface area contributed by atoms with Gasteiger partial charge in [-0.25, -0.2) is 0 Å². The fourth-order valence-electron chi connectivity index (χ4n) is 0.288. The van der Waals surface area contributed by atoms with Gasteiger partial charge in [-0.2, -0.15) is 0 Å². The van der Waals surface area contributed by atoms with Gasteiger partial charge in [0.1, 0.15) is 4.93 Å². The average Bonchev–Trinajstić information content (AvgIpc) is 1.59. The molecule has 0 rings (SSSR count). The number of hydrogen-bond acceptors (Lipinski definition) is 2. The Morgan fingerprint density at radius 2 is 2.12 bits per heavy atom. The number of rotatable bonds is 3. The summed E-state index contributed by atoms with van der Waals surface area (Å²) in [6, 6.07) is 0. The van der Waals surface area contributed by atoms with E-state index in [9.17, 15) is 0 Å². The normalized spacial score (nSPS) is 12.0. The van der Waals surface area contributed by atoms with Crippen molar-refractivity contribution in [2.75, 3.05) is 11.9 Å². The Hall–Kier alpha value is 0.790. The summed E-state index contributed by atoms with van der Waals surface area (Å²) in [5.41, 5.74) is 0. The lowest BCUT2D eigenvalue weighted by Gasteiger charge is -2.16. The molecule has 0 spiro atoms. The van der Waals surface area contributed by atoms with Crippen LogP contribution in [0.25, 0.3) is 0 Å². The molecule has 0 aliphatic carbocycles. The van der Waals surface area contributed by atoms with Crippen LogP contribution in [0.1, 0.15) is 13.8 Å². The van der Waals surface area contributed by atoms with Crippen molar-refractivity contribution in [2.45, 2.75) is 18.8 Å². The Labute approximate surface area is 64.3 Å². The maximum Gasteiger partial charge on any atom is 0.105 e. The molecule has 0 N–H and O–H groups in total. The molecule has 0 saturated heterocycles. The van der Waals surface area contributed by atoms with Gasteiger partial charge in [0.2, 0.25) is 0 Å². The van der Waals surface area contributed by atoms with E-state index in [2.05, 4.69) is 28.6 Å². The molecule has 0 radical (unpaired) electrons. The molecule has 0 fully saturated rings. The molecule has 0 unspecified atom stereocenters. The SMILES string of the molecule is CC(C)(S)OCCBr. The highest BCUT2D eigenvalue weighted by atomic mass is 79.9. The Morgan fingerprint density at radius 3 is 2.25 bits per heavy atom. The number of hydrogen-bond donors (Lipinski definition) is 1. The van der Waals surface area contributed by atoms with E-state index in [-0.39, 0.29) is 4.93 Å². The molecule has 0 aromatic rings. The standard InChI is InChI=1S/C5H11BrOS/c1-5(2,8)7-4-3-6/h8H,3-4H2,1-2H3. The summed E-state index contributed by atoms with van der Waals surface area (Å²) in [6.45, 7) is 4.55. The predicted octanol–water partition coefficient (Wildman–Crippen LogP) is 2.06. The van der Waals surface area contributed by atoms with Crippen LogP contribution in [0.15, 0.2) is 0 Å². The van der Waals surface area contributed by atoms with Gasteiger partial charge in [-0.15, -0.1) is 12.6 Å². The lowest BCUT2D eigenvalue weighted by molar-refractivity contribution is 0.0668. The lowest BCUT2D eigenvalue weighted by Crippen LogP contribution is -2.16. The summed E-state index contributed by atoms with van der Waals surface area (Å²) in [7, 11) is 0. The highest BCUT2D eigenvalue weighted by Gasteiger charge is 2.08. The maximum atomic E-state index is 5.20. The van der Waals surface area contributed by atoms with Crippen LogP contribution in [0.4, 0.5) is 0 Å². The van der Waals surface area contributed by atoms with Gasteiger partial charge in [0.05, 0.1) is 6.61 Å². The van der Waals surface area contributed by atoms with Crippen LogP contribution in [-0.4, -0.2) is 16.9 Å². The molecule has 0 bridgehead atoms. The van der Waals surface area contributed by atoms with Gasteiger partial charge in [-0.1, -0.05) is 15.9 Å². The fourth-order valence-corrected chi connectivity index (χ4v) is 0.542. The second kappa shape index (κ2) is 3.75. The smallest absolute Gasteiger partial charge is 0.105 e. The molecule has 0 atom stereocenters. The molecular formula is C5H11BrOS. The highest BCUT2D eigenvalue weighted by Crippen LogP contribution is 2.12. The largest absolute Gasteiger partial charge is 0.364 e. The Balaban J connectivity index is 3.11. The minimum atomic E-state index is -0.284. The van der Waals surface area contributed by atoms with Crippen molar-refractivity contribution >= 4 is 28.6 Å². The van der Waals surface area contributed by atoms with Crippen molar-refractivity contribution in [3.05, 3.63) is 0 Å². The number of halogens is 1. The summed E-state index contributed by atoms with van der Waals surface area (Å²) >= 11 is 7.39. The van der Waals surface area contributed by atoms with Crippen LogP contribution < -0.4 is 0 Å². The zero-order valence-electron chi connectivity index (χ0n) is 5.15. The third kappa shape index (κ3) is 6.79. The van der Waals surface area contributed by atoms with Crippen molar-refractivity contribution < 1.29 is 4.74 Å². The fraction of sp³-hybridized carbons (Fsp3) is 1.00. The summed E-state index contributed by atoms with van der Waals surface area (Å²) in [4.78, 5) is -0.284. The topological polar surface area (TPSA) is 9.23 Å². The third-order valence-electron chi connectivity index (χ3n) is 0.532. The summed E-state index contributed by atoms with van der Waals surface area (Å²) < 4.78 is 5.20. The Morgan fingerprint density at radius 1 is 1.62 bits per heavy atom. The monoisotopic (exact) mass is 198 g/mol. The molecule has 0 heterocycles. The number of ether oxygens (including phenoxy) is 1. The minimum absolute atomic E-state index is 0.284. The van der Waals surface area contributed by atoms with Crippen LogP contribution in [-0.2, 0) is 4.74 Å². The molecule has 50 valence electrons. The van der Waals surface area contributed by atoms with Crippen LogP contribution in [0.2, 0.25) is 0 Å². The first-order chi connectivity index (χ1) is 3.56. The molecule has 0 amide bonds. The quantitative estimate of drug-likeness (QED) is 0.416. The molecule has 0 saturated carbocycles. The summed E-state index contributed by atoms with van der Waals surface area (Å²) in [6.07, 6.45) is 0. The Kier molecular flexibility index (Phi) is 4.12.